The second-order valence-electron chi connectivity index (χ2n) is 9.93. The normalized spacial score (nSPS) is 21.7. The first-order valence-electron chi connectivity index (χ1n) is 11.4. The number of ether oxygens (including phenoxy) is 1. The number of nitriles is 1. The summed E-state index contributed by atoms with van der Waals surface area (Å²) in [6, 6.07) is 13.0. The van der Waals surface area contributed by atoms with Gasteiger partial charge in [0.15, 0.2) is 0 Å². The molecule has 2 aromatic carbocycles. The molecule has 0 aliphatic carbocycles. The number of nitrogens with zero attached hydrogens (tertiary/aromatic N) is 2. The Bertz CT molecular complexity index is 1200. The third-order valence-corrected chi connectivity index (χ3v) is 6.26. The van der Waals surface area contributed by atoms with Gasteiger partial charge in [0.25, 0.3) is 0 Å². The quantitative estimate of drug-likeness (QED) is 0.701. The molecule has 2 N–H and O–H groups in total. The Morgan fingerprint density at radius 3 is 2.60 bits per heavy atom. The minimum absolute atomic E-state index is 0.00280. The van der Waals surface area contributed by atoms with Crippen LogP contribution in [0.4, 0.5) is 14.9 Å². The molecule has 0 unspecified atom stereocenters. The zero-order valence-electron chi connectivity index (χ0n) is 19.8. The fourth-order valence-electron chi connectivity index (χ4n) is 4.69. The van der Waals surface area contributed by atoms with E-state index in [-0.39, 0.29) is 25.3 Å². The van der Waals surface area contributed by atoms with Crippen molar-refractivity contribution in [3.63, 3.8) is 0 Å². The van der Waals surface area contributed by atoms with Crippen LogP contribution in [0.3, 0.4) is 0 Å². The Morgan fingerprint density at radius 2 is 1.94 bits per heavy atom. The van der Waals surface area contributed by atoms with E-state index in [1.165, 1.54) is 29.2 Å². The monoisotopic (exact) mass is 478 g/mol. The van der Waals surface area contributed by atoms with Crippen LogP contribution in [0.2, 0.25) is 0 Å². The van der Waals surface area contributed by atoms with Gasteiger partial charge in [-0.25, -0.2) is 9.18 Å². The molecule has 0 radical (unpaired) electrons. The van der Waals surface area contributed by atoms with Crippen molar-refractivity contribution in [2.45, 2.75) is 56.7 Å². The van der Waals surface area contributed by atoms with Crippen LogP contribution < -0.4 is 10.6 Å². The van der Waals surface area contributed by atoms with Crippen molar-refractivity contribution < 1.29 is 23.5 Å². The van der Waals surface area contributed by atoms with Crippen LogP contribution in [0, 0.1) is 17.1 Å². The van der Waals surface area contributed by atoms with Crippen LogP contribution in [-0.4, -0.2) is 47.0 Å². The first-order valence-corrected chi connectivity index (χ1v) is 11.4. The van der Waals surface area contributed by atoms with E-state index in [1.54, 1.807) is 32.9 Å². The molecule has 35 heavy (non-hydrogen) atoms. The average Bonchev–Trinajstić information content (AvgIpc) is 3.31. The lowest BCUT2D eigenvalue weighted by Crippen LogP contribution is -2.52. The fourth-order valence-corrected chi connectivity index (χ4v) is 4.69. The van der Waals surface area contributed by atoms with E-state index in [1.807, 2.05) is 12.1 Å². The second kappa shape index (κ2) is 9.02. The smallest absolute Gasteiger partial charge is 0.408 e. The van der Waals surface area contributed by atoms with Crippen LogP contribution in [0.15, 0.2) is 48.5 Å². The molecular weight excluding hydrogens is 451 g/mol. The van der Waals surface area contributed by atoms with Crippen molar-refractivity contribution in [3.8, 4) is 6.07 Å². The lowest BCUT2D eigenvalue weighted by molar-refractivity contribution is -0.133. The van der Waals surface area contributed by atoms with Crippen LogP contribution in [0.25, 0.3) is 0 Å². The van der Waals surface area contributed by atoms with E-state index in [9.17, 15) is 24.0 Å². The number of hydrogen-bond donors (Lipinski definition) is 2. The number of likely N-dealkylation sites (tertiary alicyclic amines) is 1. The number of nitrogens with one attached hydrogen (secondary N) is 2. The van der Waals surface area contributed by atoms with Crippen LogP contribution in [0.1, 0.15) is 38.3 Å². The lowest BCUT2D eigenvalue weighted by atomic mass is 9.80. The molecule has 3 amide bonds. The van der Waals surface area contributed by atoms with Gasteiger partial charge in [-0.2, -0.15) is 5.26 Å². The topological polar surface area (TPSA) is 112 Å². The van der Waals surface area contributed by atoms with Crippen molar-refractivity contribution in [2.75, 3.05) is 11.9 Å². The maximum Gasteiger partial charge on any atom is 0.408 e. The van der Waals surface area contributed by atoms with Gasteiger partial charge in [-0.15, -0.1) is 0 Å². The predicted octanol–water partition coefficient (Wildman–Crippen LogP) is 3.28. The number of carbonyl (C=O) groups excluding carboxylic acids is 3. The Kier molecular flexibility index (Phi) is 6.24. The standard InChI is InChI=1S/C26H27FN4O4/c1-25(2,3)35-24(34)30-21(12-16-8-10-17(27)11-9-16)22(32)31-15-26(13-18(31)14-28)19-6-4-5-7-20(19)29-23(26)33/h4-11,18,21H,12-13,15H2,1-3H3,(H,29,33)(H,30,34)/t18-,21-,26-/m0/s1. The molecule has 9 heteroatoms. The molecule has 182 valence electrons. The summed E-state index contributed by atoms with van der Waals surface area (Å²) >= 11 is 0. The van der Waals surface area contributed by atoms with Crippen LogP contribution in [-0.2, 0) is 26.2 Å². The average molecular weight is 479 g/mol. The van der Waals surface area contributed by atoms with Gasteiger partial charge in [-0.1, -0.05) is 30.3 Å². The van der Waals surface area contributed by atoms with E-state index >= 15 is 0 Å². The number of amides is 3. The largest absolute Gasteiger partial charge is 0.444 e. The summed E-state index contributed by atoms with van der Waals surface area (Å²) in [4.78, 5) is 40.7. The van der Waals surface area contributed by atoms with Crippen molar-refractivity contribution in [1.29, 1.82) is 5.26 Å². The van der Waals surface area contributed by atoms with Gasteiger partial charge >= 0.3 is 6.09 Å². The lowest BCUT2D eigenvalue weighted by Gasteiger charge is -2.28. The molecule has 0 bridgehead atoms. The zero-order valence-corrected chi connectivity index (χ0v) is 19.8. The number of hydrogen-bond acceptors (Lipinski definition) is 5. The van der Waals surface area contributed by atoms with Gasteiger partial charge in [0, 0.05) is 25.1 Å². The molecule has 2 aromatic rings. The summed E-state index contributed by atoms with van der Waals surface area (Å²) in [6.07, 6.45) is -0.583. The minimum Gasteiger partial charge on any atom is -0.444 e. The Labute approximate surface area is 203 Å². The number of rotatable bonds is 4. The van der Waals surface area contributed by atoms with Crippen LogP contribution >= 0.6 is 0 Å². The summed E-state index contributed by atoms with van der Waals surface area (Å²) in [5.74, 6) is -1.20. The highest BCUT2D eigenvalue weighted by Gasteiger charge is 2.56. The van der Waals surface area contributed by atoms with Gasteiger partial charge in [0.05, 0.1) is 11.5 Å². The highest BCUT2D eigenvalue weighted by molar-refractivity contribution is 6.07. The van der Waals surface area contributed by atoms with Gasteiger partial charge in [-0.05, 0) is 50.1 Å². The van der Waals surface area contributed by atoms with Crippen molar-refractivity contribution >= 4 is 23.6 Å². The Balaban J connectivity index is 1.63. The summed E-state index contributed by atoms with van der Waals surface area (Å²) in [7, 11) is 0. The van der Waals surface area contributed by atoms with E-state index in [0.717, 1.165) is 5.56 Å². The number of halogens is 1. The highest BCUT2D eigenvalue weighted by atomic mass is 19.1. The summed E-state index contributed by atoms with van der Waals surface area (Å²) < 4.78 is 18.7. The molecule has 1 fully saturated rings. The summed E-state index contributed by atoms with van der Waals surface area (Å²) in [5, 5.41) is 15.3. The number of anilines is 1. The number of fused-ring (bicyclic) bond motifs is 2. The van der Waals surface area contributed by atoms with Gasteiger partial charge in [-0.3, -0.25) is 9.59 Å². The van der Waals surface area contributed by atoms with Crippen molar-refractivity contribution in [2.24, 2.45) is 0 Å². The Morgan fingerprint density at radius 1 is 1.26 bits per heavy atom. The first-order chi connectivity index (χ1) is 16.5. The van der Waals surface area contributed by atoms with Gasteiger partial charge in [0.2, 0.25) is 11.8 Å². The highest BCUT2D eigenvalue weighted by Crippen LogP contribution is 2.46. The SMILES string of the molecule is CC(C)(C)OC(=O)N[C@@H](Cc1ccc(F)cc1)C(=O)N1C[C@]2(C[C@H]1C#N)C(=O)Nc1ccccc12. The molecule has 1 saturated heterocycles. The first kappa shape index (κ1) is 24.2. The molecule has 2 heterocycles. The Hall–Kier alpha value is -3.93. The van der Waals surface area contributed by atoms with Crippen LogP contribution in [0.5, 0.6) is 0 Å². The molecular formula is C26H27FN4O4. The molecule has 3 atom stereocenters. The number of alkyl carbamates (subject to hydrolysis) is 1. The van der Waals surface area contributed by atoms with Crippen molar-refractivity contribution in [3.05, 3.63) is 65.5 Å². The number of carbonyl (C=O) groups is 3. The van der Waals surface area contributed by atoms with Gasteiger partial charge in [0.1, 0.15) is 23.5 Å². The fraction of sp³-hybridized carbons (Fsp3) is 0.385. The number of para-hydroxylation sites is 1. The maximum atomic E-state index is 13.7. The predicted molar refractivity (Wildman–Crippen MR) is 126 cm³/mol. The zero-order chi connectivity index (χ0) is 25.4. The van der Waals surface area contributed by atoms with E-state index in [2.05, 4.69) is 16.7 Å². The third-order valence-electron chi connectivity index (χ3n) is 6.26. The molecule has 0 saturated carbocycles. The summed E-state index contributed by atoms with van der Waals surface area (Å²) in [6.45, 7) is 5.11. The number of benzene rings is 2. The maximum absolute atomic E-state index is 13.7. The molecule has 2 aliphatic rings. The second-order valence-corrected chi connectivity index (χ2v) is 9.93. The molecule has 1 spiro atoms. The molecule has 8 nitrogen and oxygen atoms in total. The minimum atomic E-state index is -1.08. The van der Waals surface area contributed by atoms with Crippen molar-refractivity contribution in [1.82, 2.24) is 10.2 Å². The molecule has 0 aromatic heterocycles. The van der Waals surface area contributed by atoms with E-state index in [0.29, 0.717) is 11.3 Å². The van der Waals surface area contributed by atoms with E-state index in [4.69, 9.17) is 4.74 Å². The van der Waals surface area contributed by atoms with Gasteiger partial charge < -0.3 is 20.3 Å². The summed E-state index contributed by atoms with van der Waals surface area (Å²) in [5.41, 5.74) is 0.201. The van der Waals surface area contributed by atoms with E-state index < -0.39 is 40.9 Å². The molecule has 4 rings (SSSR count). The third kappa shape index (κ3) is 4.83. The molecule has 2 aliphatic heterocycles.